The largest absolute Gasteiger partial charge is 0.330 e. The molecule has 4 bridgehead atoms. The Labute approximate surface area is 121 Å². The van der Waals surface area contributed by atoms with Gasteiger partial charge in [0, 0.05) is 19.4 Å². The normalized spacial score (nSPS) is 38.6. The van der Waals surface area contributed by atoms with Gasteiger partial charge in [0.15, 0.2) is 5.82 Å². The first-order valence-corrected chi connectivity index (χ1v) is 8.34. The standard InChI is InChI=1S/C16H26N4/c1-20-14(3-2-4-17)18-16(19-20)15-12-6-10-5-11(8-12)9-13(15)7-10/h10-13,15H,2-9,17H2,1H3. The summed E-state index contributed by atoms with van der Waals surface area (Å²) < 4.78 is 2.00. The van der Waals surface area contributed by atoms with Gasteiger partial charge in [-0.15, -0.1) is 0 Å². The molecule has 0 spiro atoms. The Morgan fingerprint density at radius 2 is 1.75 bits per heavy atom. The van der Waals surface area contributed by atoms with Crippen LogP contribution in [0, 0.1) is 23.7 Å². The number of aromatic nitrogens is 3. The fraction of sp³-hybridized carbons (Fsp3) is 0.875. The second-order valence-corrected chi connectivity index (χ2v) is 7.36. The smallest absolute Gasteiger partial charge is 0.154 e. The van der Waals surface area contributed by atoms with E-state index in [1.165, 1.54) is 32.1 Å². The topological polar surface area (TPSA) is 56.7 Å². The molecule has 5 rings (SSSR count). The first kappa shape index (κ1) is 12.8. The van der Waals surface area contributed by atoms with Crippen molar-refractivity contribution in [3.8, 4) is 0 Å². The van der Waals surface area contributed by atoms with Crippen LogP contribution in [-0.4, -0.2) is 21.3 Å². The number of hydrogen-bond donors (Lipinski definition) is 1. The predicted molar refractivity (Wildman–Crippen MR) is 78.2 cm³/mol. The van der Waals surface area contributed by atoms with E-state index in [0.717, 1.165) is 54.7 Å². The zero-order chi connectivity index (χ0) is 13.7. The Hall–Kier alpha value is -0.900. The van der Waals surface area contributed by atoms with Crippen LogP contribution in [0.15, 0.2) is 0 Å². The van der Waals surface area contributed by atoms with Crippen LogP contribution in [0.1, 0.15) is 56.1 Å². The van der Waals surface area contributed by atoms with Crippen LogP contribution in [-0.2, 0) is 13.5 Å². The molecule has 0 saturated heterocycles. The van der Waals surface area contributed by atoms with E-state index < -0.39 is 0 Å². The molecule has 4 aliphatic carbocycles. The summed E-state index contributed by atoms with van der Waals surface area (Å²) in [6, 6.07) is 0. The zero-order valence-electron chi connectivity index (χ0n) is 12.5. The summed E-state index contributed by atoms with van der Waals surface area (Å²) >= 11 is 0. The van der Waals surface area contributed by atoms with Gasteiger partial charge in [-0.05, 0) is 68.7 Å². The lowest BCUT2D eigenvalue weighted by atomic mass is 9.52. The molecule has 0 radical (unpaired) electrons. The van der Waals surface area contributed by atoms with Crippen molar-refractivity contribution in [2.75, 3.05) is 6.54 Å². The second kappa shape index (κ2) is 4.83. The van der Waals surface area contributed by atoms with Gasteiger partial charge in [0.1, 0.15) is 5.82 Å². The minimum Gasteiger partial charge on any atom is -0.330 e. The molecule has 4 aliphatic rings. The average molecular weight is 274 g/mol. The number of nitrogens with two attached hydrogens (primary N) is 1. The second-order valence-electron chi connectivity index (χ2n) is 7.36. The third-order valence-corrected chi connectivity index (χ3v) is 6.00. The van der Waals surface area contributed by atoms with Gasteiger partial charge in [-0.3, -0.25) is 4.68 Å². The fourth-order valence-electron chi connectivity index (χ4n) is 5.40. The van der Waals surface area contributed by atoms with E-state index in [2.05, 4.69) is 0 Å². The number of hydrogen-bond acceptors (Lipinski definition) is 3. The molecule has 0 aliphatic heterocycles. The summed E-state index contributed by atoms with van der Waals surface area (Å²) in [6.07, 6.45) is 9.24. The SMILES string of the molecule is Cn1nc(C2C3CC4CC(C3)CC2C4)nc1CCCN. The Kier molecular flexibility index (Phi) is 3.09. The number of rotatable bonds is 4. The maximum absolute atomic E-state index is 5.61. The van der Waals surface area contributed by atoms with Gasteiger partial charge >= 0.3 is 0 Å². The van der Waals surface area contributed by atoms with Gasteiger partial charge in [-0.2, -0.15) is 5.10 Å². The molecular weight excluding hydrogens is 248 g/mol. The maximum Gasteiger partial charge on any atom is 0.154 e. The molecule has 110 valence electrons. The molecule has 4 saturated carbocycles. The highest BCUT2D eigenvalue weighted by molar-refractivity contribution is 5.11. The van der Waals surface area contributed by atoms with Crippen LogP contribution in [0.3, 0.4) is 0 Å². The van der Waals surface area contributed by atoms with Gasteiger partial charge in [-0.25, -0.2) is 4.98 Å². The molecule has 1 aromatic heterocycles. The van der Waals surface area contributed by atoms with Crippen molar-refractivity contribution in [3.05, 3.63) is 11.6 Å². The van der Waals surface area contributed by atoms with E-state index >= 15 is 0 Å². The quantitative estimate of drug-likeness (QED) is 0.916. The zero-order valence-corrected chi connectivity index (χ0v) is 12.5. The van der Waals surface area contributed by atoms with Crippen LogP contribution < -0.4 is 5.73 Å². The summed E-state index contributed by atoms with van der Waals surface area (Å²) in [6.45, 7) is 0.736. The van der Waals surface area contributed by atoms with E-state index in [9.17, 15) is 0 Å². The fourth-order valence-corrected chi connectivity index (χ4v) is 5.40. The Morgan fingerprint density at radius 3 is 2.35 bits per heavy atom. The lowest BCUT2D eigenvalue weighted by Gasteiger charge is -2.53. The van der Waals surface area contributed by atoms with Crippen molar-refractivity contribution in [2.45, 2.75) is 50.9 Å². The van der Waals surface area contributed by atoms with Crippen molar-refractivity contribution in [3.63, 3.8) is 0 Å². The van der Waals surface area contributed by atoms with Gasteiger partial charge in [-0.1, -0.05) is 0 Å². The first-order chi connectivity index (χ1) is 9.74. The molecule has 1 heterocycles. The number of aryl methyl sites for hydroxylation is 2. The van der Waals surface area contributed by atoms with Gasteiger partial charge in [0.2, 0.25) is 0 Å². The average Bonchev–Trinajstić information content (AvgIpc) is 2.76. The molecule has 20 heavy (non-hydrogen) atoms. The van der Waals surface area contributed by atoms with E-state index in [-0.39, 0.29) is 0 Å². The predicted octanol–water partition coefficient (Wildman–Crippen LogP) is 2.25. The summed E-state index contributed by atoms with van der Waals surface area (Å²) in [5.41, 5.74) is 5.61. The summed E-state index contributed by atoms with van der Waals surface area (Å²) in [5, 5.41) is 4.77. The monoisotopic (exact) mass is 274 g/mol. The number of nitrogens with zero attached hydrogens (tertiary/aromatic N) is 3. The molecule has 2 N–H and O–H groups in total. The lowest BCUT2D eigenvalue weighted by Crippen LogP contribution is -2.44. The van der Waals surface area contributed by atoms with Crippen molar-refractivity contribution in [2.24, 2.45) is 36.5 Å². The lowest BCUT2D eigenvalue weighted by molar-refractivity contribution is -0.00566. The highest BCUT2D eigenvalue weighted by Crippen LogP contribution is 2.59. The highest BCUT2D eigenvalue weighted by Gasteiger charge is 2.49. The maximum atomic E-state index is 5.61. The van der Waals surface area contributed by atoms with Crippen LogP contribution in [0.5, 0.6) is 0 Å². The van der Waals surface area contributed by atoms with Gasteiger partial charge < -0.3 is 5.73 Å². The third kappa shape index (κ3) is 2.00. The first-order valence-electron chi connectivity index (χ1n) is 8.34. The third-order valence-electron chi connectivity index (χ3n) is 6.00. The van der Waals surface area contributed by atoms with Crippen molar-refractivity contribution >= 4 is 0 Å². The van der Waals surface area contributed by atoms with Crippen molar-refractivity contribution < 1.29 is 0 Å². The Bertz CT molecular complexity index is 465. The molecule has 0 amide bonds. The van der Waals surface area contributed by atoms with E-state index in [0.29, 0.717) is 5.92 Å². The van der Waals surface area contributed by atoms with Crippen LogP contribution >= 0.6 is 0 Å². The molecule has 1 aromatic rings. The molecule has 4 nitrogen and oxygen atoms in total. The summed E-state index contributed by atoms with van der Waals surface area (Å²) in [4.78, 5) is 4.89. The van der Waals surface area contributed by atoms with Gasteiger partial charge in [0.05, 0.1) is 0 Å². The minimum absolute atomic E-state index is 0.653. The van der Waals surface area contributed by atoms with Crippen LogP contribution in [0.25, 0.3) is 0 Å². The van der Waals surface area contributed by atoms with Gasteiger partial charge in [0.25, 0.3) is 0 Å². The van der Waals surface area contributed by atoms with Crippen LogP contribution in [0.2, 0.25) is 0 Å². The Morgan fingerprint density at radius 1 is 1.10 bits per heavy atom. The molecular formula is C16H26N4. The summed E-state index contributed by atoms with van der Waals surface area (Å²) in [5.74, 6) is 6.71. The Balaban J connectivity index is 1.58. The van der Waals surface area contributed by atoms with Crippen LogP contribution in [0.4, 0.5) is 0 Å². The van der Waals surface area contributed by atoms with E-state index in [1.54, 1.807) is 0 Å². The summed E-state index contributed by atoms with van der Waals surface area (Å²) in [7, 11) is 2.04. The highest BCUT2D eigenvalue weighted by atomic mass is 15.3. The molecule has 0 atom stereocenters. The molecule has 0 unspecified atom stereocenters. The molecule has 4 heteroatoms. The molecule has 4 fully saturated rings. The van der Waals surface area contributed by atoms with Crippen molar-refractivity contribution in [1.29, 1.82) is 0 Å². The van der Waals surface area contributed by atoms with E-state index in [1.807, 2.05) is 11.7 Å². The van der Waals surface area contributed by atoms with Crippen molar-refractivity contribution in [1.82, 2.24) is 14.8 Å². The minimum atomic E-state index is 0.653. The van der Waals surface area contributed by atoms with E-state index in [4.69, 9.17) is 15.8 Å². The molecule has 0 aromatic carbocycles.